The number of rotatable bonds is 4. The second-order valence-corrected chi connectivity index (χ2v) is 4.72. The fourth-order valence-electron chi connectivity index (χ4n) is 1.87. The molecule has 1 N–H and O–H groups in total. The third-order valence-corrected chi connectivity index (χ3v) is 2.52. The van der Waals surface area contributed by atoms with E-state index in [0.717, 1.165) is 16.6 Å². The van der Waals surface area contributed by atoms with Crippen LogP contribution in [0.2, 0.25) is 0 Å². The van der Waals surface area contributed by atoms with Gasteiger partial charge in [-0.3, -0.25) is 0 Å². The summed E-state index contributed by atoms with van der Waals surface area (Å²) >= 11 is 0. The number of hydrogen-bond acceptors (Lipinski definition) is 4. The van der Waals surface area contributed by atoms with Crippen molar-refractivity contribution in [2.75, 3.05) is 19.0 Å². The predicted molar refractivity (Wildman–Crippen MR) is 69.1 cm³/mol. The summed E-state index contributed by atoms with van der Waals surface area (Å²) < 4.78 is 5.19. The number of fused-ring (bicyclic) bond motifs is 1. The second kappa shape index (κ2) is 4.67. The van der Waals surface area contributed by atoms with Crippen molar-refractivity contribution in [1.29, 1.82) is 0 Å². The molecule has 1 aromatic carbocycles. The number of methoxy groups -OCH3 is 1. The van der Waals surface area contributed by atoms with Crippen LogP contribution in [0.5, 0.6) is 0 Å². The summed E-state index contributed by atoms with van der Waals surface area (Å²) in [4.78, 5) is 0. The highest BCUT2D eigenvalue weighted by molar-refractivity contribution is 5.90. The molecule has 0 radical (unpaired) electrons. The zero-order valence-corrected chi connectivity index (χ0v) is 10.4. The molecule has 0 aliphatic rings. The summed E-state index contributed by atoms with van der Waals surface area (Å²) in [6.45, 7) is 4.81. The number of nitrogens with zero attached hydrogens (tertiary/aromatic N) is 2. The van der Waals surface area contributed by atoms with Crippen LogP contribution in [-0.2, 0) is 4.74 Å². The van der Waals surface area contributed by atoms with Crippen LogP contribution >= 0.6 is 0 Å². The zero-order valence-electron chi connectivity index (χ0n) is 10.4. The van der Waals surface area contributed by atoms with Crippen LogP contribution in [0.25, 0.3) is 10.9 Å². The average Bonchev–Trinajstić information content (AvgIpc) is 2.29. The number of hydrogen-bond donors (Lipinski definition) is 1. The van der Waals surface area contributed by atoms with Crippen molar-refractivity contribution in [3.63, 3.8) is 0 Å². The molecule has 1 aromatic heterocycles. The molecule has 4 heteroatoms. The van der Waals surface area contributed by atoms with Crippen LogP contribution in [0.4, 0.5) is 5.69 Å². The van der Waals surface area contributed by atoms with E-state index < -0.39 is 0 Å². The number of aromatic nitrogens is 2. The minimum absolute atomic E-state index is 0.138. The molecule has 0 saturated carbocycles. The summed E-state index contributed by atoms with van der Waals surface area (Å²) in [6, 6.07) is 7.95. The molecule has 0 aliphatic carbocycles. The Bertz CT molecular complexity index is 505. The van der Waals surface area contributed by atoms with Gasteiger partial charge in [0.25, 0.3) is 0 Å². The van der Waals surface area contributed by atoms with Crippen molar-refractivity contribution in [3.05, 3.63) is 30.5 Å². The van der Waals surface area contributed by atoms with Crippen molar-refractivity contribution in [3.8, 4) is 0 Å². The topological polar surface area (TPSA) is 47.0 Å². The van der Waals surface area contributed by atoms with Crippen molar-refractivity contribution in [2.45, 2.75) is 19.4 Å². The highest BCUT2D eigenvalue weighted by atomic mass is 16.5. The predicted octanol–water partition coefficient (Wildman–Crippen LogP) is 2.47. The van der Waals surface area contributed by atoms with Crippen LogP contribution in [-0.4, -0.2) is 29.5 Å². The van der Waals surface area contributed by atoms with Crippen molar-refractivity contribution >= 4 is 16.6 Å². The molecule has 0 spiro atoms. The first-order valence-corrected chi connectivity index (χ1v) is 5.60. The Kier molecular flexibility index (Phi) is 3.24. The van der Waals surface area contributed by atoms with E-state index in [9.17, 15) is 0 Å². The average molecular weight is 231 g/mol. The third-order valence-electron chi connectivity index (χ3n) is 2.52. The monoisotopic (exact) mass is 231 g/mol. The maximum absolute atomic E-state index is 5.19. The molecule has 1 heterocycles. The van der Waals surface area contributed by atoms with Gasteiger partial charge in [-0.15, -0.1) is 0 Å². The lowest BCUT2D eigenvalue weighted by Crippen LogP contribution is -2.36. The van der Waals surface area contributed by atoms with E-state index >= 15 is 0 Å². The van der Waals surface area contributed by atoms with E-state index in [-0.39, 0.29) is 5.54 Å². The Balaban J connectivity index is 2.36. The van der Waals surface area contributed by atoms with Gasteiger partial charge in [-0.2, -0.15) is 10.2 Å². The van der Waals surface area contributed by atoms with Gasteiger partial charge in [0, 0.05) is 12.5 Å². The molecule has 0 amide bonds. The van der Waals surface area contributed by atoms with Crippen molar-refractivity contribution in [2.24, 2.45) is 0 Å². The highest BCUT2D eigenvalue weighted by Crippen LogP contribution is 2.23. The number of ether oxygens (including phenoxy) is 1. The molecule has 0 fully saturated rings. The fraction of sp³-hybridized carbons (Fsp3) is 0.385. The number of benzene rings is 1. The zero-order chi connectivity index (χ0) is 12.3. The Morgan fingerprint density at radius 1 is 1.29 bits per heavy atom. The molecule has 0 aliphatic heterocycles. The summed E-state index contributed by atoms with van der Waals surface area (Å²) in [5.74, 6) is 0. The van der Waals surface area contributed by atoms with Gasteiger partial charge in [0.2, 0.25) is 0 Å². The van der Waals surface area contributed by atoms with Gasteiger partial charge in [0.05, 0.1) is 29.5 Å². The fourth-order valence-corrected chi connectivity index (χ4v) is 1.87. The summed E-state index contributed by atoms with van der Waals surface area (Å²) in [7, 11) is 1.70. The van der Waals surface area contributed by atoms with Crippen molar-refractivity contribution in [1.82, 2.24) is 10.2 Å². The van der Waals surface area contributed by atoms with E-state index in [0.29, 0.717) is 6.61 Å². The molecule has 2 rings (SSSR count). The van der Waals surface area contributed by atoms with Crippen LogP contribution < -0.4 is 5.32 Å². The van der Waals surface area contributed by atoms with Crippen LogP contribution in [0.15, 0.2) is 30.5 Å². The van der Waals surface area contributed by atoms with Gasteiger partial charge in [-0.1, -0.05) is 18.2 Å². The normalized spacial score (nSPS) is 11.7. The van der Waals surface area contributed by atoms with Gasteiger partial charge in [0.15, 0.2) is 0 Å². The minimum Gasteiger partial charge on any atom is -0.382 e. The molecule has 2 aromatic rings. The molecule has 4 nitrogen and oxygen atoms in total. The Hall–Kier alpha value is -1.68. The highest BCUT2D eigenvalue weighted by Gasteiger charge is 2.18. The molecule has 0 unspecified atom stereocenters. The molecule has 90 valence electrons. The Morgan fingerprint density at radius 3 is 2.82 bits per heavy atom. The maximum Gasteiger partial charge on any atom is 0.0950 e. The smallest absolute Gasteiger partial charge is 0.0950 e. The maximum atomic E-state index is 5.19. The van der Waals surface area contributed by atoms with E-state index in [2.05, 4.69) is 29.4 Å². The lowest BCUT2D eigenvalue weighted by Gasteiger charge is -2.26. The van der Waals surface area contributed by atoms with E-state index in [1.165, 1.54) is 0 Å². The van der Waals surface area contributed by atoms with Gasteiger partial charge in [-0.05, 0) is 19.9 Å². The standard InChI is InChI=1S/C13H17N3O/c1-13(2,9-17-3)15-12-8-14-16-11-7-5-4-6-10(11)12/h4-8H,9H2,1-3H3,(H,15,16). The first-order valence-electron chi connectivity index (χ1n) is 5.60. The van der Waals surface area contributed by atoms with Crippen LogP contribution in [0.1, 0.15) is 13.8 Å². The van der Waals surface area contributed by atoms with Gasteiger partial charge in [-0.25, -0.2) is 0 Å². The quantitative estimate of drug-likeness (QED) is 0.878. The Labute approximate surface area is 101 Å². The Morgan fingerprint density at radius 2 is 2.06 bits per heavy atom. The lowest BCUT2D eigenvalue weighted by molar-refractivity contribution is 0.158. The molecular weight excluding hydrogens is 214 g/mol. The minimum atomic E-state index is -0.138. The molecule has 0 bridgehead atoms. The largest absolute Gasteiger partial charge is 0.382 e. The summed E-state index contributed by atoms with van der Waals surface area (Å²) in [5, 5.41) is 12.6. The molecule has 17 heavy (non-hydrogen) atoms. The number of nitrogens with one attached hydrogen (secondary N) is 1. The summed E-state index contributed by atoms with van der Waals surface area (Å²) in [6.07, 6.45) is 1.75. The SMILES string of the molecule is COCC(C)(C)Nc1cnnc2ccccc12. The van der Waals surface area contributed by atoms with Gasteiger partial charge >= 0.3 is 0 Å². The molecule has 0 atom stereocenters. The van der Waals surface area contributed by atoms with Crippen LogP contribution in [0.3, 0.4) is 0 Å². The molecular formula is C13H17N3O. The lowest BCUT2D eigenvalue weighted by atomic mass is 10.1. The number of anilines is 1. The van der Waals surface area contributed by atoms with E-state index in [1.54, 1.807) is 13.3 Å². The van der Waals surface area contributed by atoms with Crippen molar-refractivity contribution < 1.29 is 4.74 Å². The first-order chi connectivity index (χ1) is 8.12. The third kappa shape index (κ3) is 2.71. The second-order valence-electron chi connectivity index (χ2n) is 4.72. The van der Waals surface area contributed by atoms with Gasteiger partial charge in [0.1, 0.15) is 0 Å². The van der Waals surface area contributed by atoms with Crippen LogP contribution in [0, 0.1) is 0 Å². The first kappa shape index (κ1) is 11.8. The molecule has 0 saturated heterocycles. The van der Waals surface area contributed by atoms with E-state index in [1.807, 2.05) is 24.3 Å². The van der Waals surface area contributed by atoms with Gasteiger partial charge < -0.3 is 10.1 Å². The summed E-state index contributed by atoms with van der Waals surface area (Å²) in [5.41, 5.74) is 1.74. The van der Waals surface area contributed by atoms with E-state index in [4.69, 9.17) is 4.74 Å².